The van der Waals surface area contributed by atoms with E-state index in [4.69, 9.17) is 0 Å². The first-order valence-corrected chi connectivity index (χ1v) is 10.8. The van der Waals surface area contributed by atoms with Gasteiger partial charge in [0.1, 0.15) is 0 Å². The van der Waals surface area contributed by atoms with E-state index in [1.165, 1.54) is 30.6 Å². The lowest BCUT2D eigenvalue weighted by atomic mass is 9.54. The Morgan fingerprint density at radius 2 is 2.20 bits per heavy atom. The molecule has 4 heterocycles. The van der Waals surface area contributed by atoms with Crippen LogP contribution in [0.5, 0.6) is 0 Å². The Hall–Kier alpha value is -1.13. The number of nitrogens with zero attached hydrogens (tertiary/aromatic N) is 2. The molecule has 0 N–H and O–H groups in total. The van der Waals surface area contributed by atoms with Crippen LogP contribution < -0.4 is 4.90 Å². The molecule has 0 radical (unpaired) electrons. The summed E-state index contributed by atoms with van der Waals surface area (Å²) in [6.45, 7) is 2.32. The Morgan fingerprint density at radius 3 is 3.08 bits per heavy atom. The van der Waals surface area contributed by atoms with Gasteiger partial charge in [0, 0.05) is 35.4 Å². The highest BCUT2D eigenvalue weighted by atomic mass is 79.9. The number of benzene rings is 1. The minimum Gasteiger partial charge on any atom is -0.308 e. The van der Waals surface area contributed by atoms with Crippen LogP contribution in [0.15, 0.2) is 35.9 Å². The maximum Gasteiger partial charge on any atom is 0.227 e. The number of allylic oxidation sites excluding steroid dienone is 1. The summed E-state index contributed by atoms with van der Waals surface area (Å²) in [6, 6.07) is 9.82. The lowest BCUT2D eigenvalue weighted by Gasteiger charge is -2.57. The summed E-state index contributed by atoms with van der Waals surface area (Å²) in [4.78, 5) is 17.9. The number of carbonyl (C=O) groups is 1. The monoisotopic (exact) mass is 398 g/mol. The summed E-state index contributed by atoms with van der Waals surface area (Å²) < 4.78 is 0. The summed E-state index contributed by atoms with van der Waals surface area (Å²) in [5.74, 6) is 1.65. The fraction of sp³-hybridized carbons (Fsp3) is 0.571. The van der Waals surface area contributed by atoms with Crippen LogP contribution >= 0.6 is 15.9 Å². The van der Waals surface area contributed by atoms with Crippen molar-refractivity contribution in [3.05, 3.63) is 41.5 Å². The molecule has 5 aliphatic rings. The van der Waals surface area contributed by atoms with Crippen LogP contribution in [-0.4, -0.2) is 41.3 Å². The molecule has 1 aromatic rings. The number of piperidine rings is 2. The number of anilines is 1. The van der Waals surface area contributed by atoms with E-state index < -0.39 is 0 Å². The highest BCUT2D eigenvalue weighted by Crippen LogP contribution is 2.64. The summed E-state index contributed by atoms with van der Waals surface area (Å²) in [7, 11) is 0. The normalized spacial score (nSPS) is 42.7. The molecule has 1 aromatic carbocycles. The standard InChI is InChI=1S/C21H23BrN2O/c22-9-7-13-12-23-10-8-21-16-3-1-2-4-17(16)24-19(25)6-5-14(20(21)24)15(13)11-18(21)23/h1-4,7,14-15,18,20H,5-6,8-12H2/b13-7+/t14-,15-,18-,20+,21-/m1/s1. The van der Waals surface area contributed by atoms with Crippen molar-refractivity contribution in [2.24, 2.45) is 11.8 Å². The summed E-state index contributed by atoms with van der Waals surface area (Å²) in [5.41, 5.74) is 4.51. The number of amides is 1. The van der Waals surface area contributed by atoms with Gasteiger partial charge in [-0.25, -0.2) is 0 Å². The van der Waals surface area contributed by atoms with Gasteiger partial charge in [0.25, 0.3) is 0 Å². The van der Waals surface area contributed by atoms with Gasteiger partial charge in [0.2, 0.25) is 5.91 Å². The zero-order valence-corrected chi connectivity index (χ0v) is 15.9. The number of hydrogen-bond acceptors (Lipinski definition) is 2. The van der Waals surface area contributed by atoms with E-state index in [1.807, 2.05) is 0 Å². The van der Waals surface area contributed by atoms with Gasteiger partial charge in [0.05, 0.1) is 6.04 Å². The largest absolute Gasteiger partial charge is 0.308 e. The molecule has 3 saturated heterocycles. The van der Waals surface area contributed by atoms with Crippen LogP contribution in [0.2, 0.25) is 0 Å². The Kier molecular flexibility index (Phi) is 2.98. The lowest BCUT2D eigenvalue weighted by molar-refractivity contribution is -0.123. The summed E-state index contributed by atoms with van der Waals surface area (Å²) >= 11 is 3.62. The van der Waals surface area contributed by atoms with E-state index in [0.717, 1.165) is 24.7 Å². The lowest BCUT2D eigenvalue weighted by Crippen LogP contribution is -2.66. The van der Waals surface area contributed by atoms with Gasteiger partial charge >= 0.3 is 0 Å². The topological polar surface area (TPSA) is 23.6 Å². The SMILES string of the molecule is O=C1CC[C@@H]2[C@@H]3C[C@H]4N(CC[C@@]45c4ccccc4N1[C@@H]25)C/C3=C\CBr. The minimum atomic E-state index is 0.188. The number of alkyl halides is 1. The molecular weight excluding hydrogens is 376 g/mol. The van der Waals surface area contributed by atoms with Crippen molar-refractivity contribution in [3.8, 4) is 0 Å². The minimum absolute atomic E-state index is 0.188. The molecule has 5 atom stereocenters. The molecular formula is C21H23BrN2O. The first kappa shape index (κ1) is 15.0. The molecule has 3 nitrogen and oxygen atoms in total. The van der Waals surface area contributed by atoms with Crippen LogP contribution in [0.1, 0.15) is 31.2 Å². The number of halogens is 1. The van der Waals surface area contributed by atoms with Crippen LogP contribution in [0, 0.1) is 11.8 Å². The highest BCUT2D eigenvalue weighted by molar-refractivity contribution is 9.09. The maximum atomic E-state index is 13.0. The van der Waals surface area contributed by atoms with Gasteiger partial charge in [0.15, 0.2) is 0 Å². The average Bonchev–Trinajstić information content (AvgIpc) is 3.17. The number of para-hydroxylation sites is 1. The molecule has 2 bridgehead atoms. The van der Waals surface area contributed by atoms with E-state index in [2.05, 4.69) is 56.1 Å². The predicted molar refractivity (Wildman–Crippen MR) is 102 cm³/mol. The molecule has 1 saturated carbocycles. The zero-order valence-electron chi connectivity index (χ0n) is 14.3. The second kappa shape index (κ2) is 4.98. The second-order valence-corrected chi connectivity index (χ2v) is 9.13. The van der Waals surface area contributed by atoms with Crippen molar-refractivity contribution in [2.45, 2.75) is 43.2 Å². The van der Waals surface area contributed by atoms with E-state index in [1.54, 1.807) is 5.57 Å². The van der Waals surface area contributed by atoms with Crippen LogP contribution in [0.4, 0.5) is 5.69 Å². The first-order chi connectivity index (χ1) is 12.3. The number of rotatable bonds is 1. The van der Waals surface area contributed by atoms with Crippen molar-refractivity contribution in [1.82, 2.24) is 4.90 Å². The third-order valence-electron chi connectivity index (χ3n) is 7.88. The smallest absolute Gasteiger partial charge is 0.227 e. The van der Waals surface area contributed by atoms with Gasteiger partial charge in [-0.15, -0.1) is 0 Å². The first-order valence-electron chi connectivity index (χ1n) is 9.66. The fourth-order valence-electron chi connectivity index (χ4n) is 7.16. The van der Waals surface area contributed by atoms with Crippen molar-refractivity contribution in [1.29, 1.82) is 0 Å². The molecule has 1 spiro atoms. The quantitative estimate of drug-likeness (QED) is 0.533. The van der Waals surface area contributed by atoms with Gasteiger partial charge < -0.3 is 4.90 Å². The highest BCUT2D eigenvalue weighted by Gasteiger charge is 2.68. The Morgan fingerprint density at radius 1 is 1.32 bits per heavy atom. The second-order valence-electron chi connectivity index (χ2n) is 8.48. The summed E-state index contributed by atoms with van der Waals surface area (Å²) in [5, 5.41) is 0.947. The van der Waals surface area contributed by atoms with Crippen LogP contribution in [-0.2, 0) is 10.2 Å². The van der Waals surface area contributed by atoms with Crippen LogP contribution in [0.25, 0.3) is 0 Å². The van der Waals surface area contributed by atoms with Crippen molar-refractivity contribution in [3.63, 3.8) is 0 Å². The van der Waals surface area contributed by atoms with Gasteiger partial charge in [-0.1, -0.05) is 45.8 Å². The molecule has 4 fully saturated rings. The third kappa shape index (κ3) is 1.64. The Bertz CT molecular complexity index is 805. The zero-order chi connectivity index (χ0) is 16.8. The summed E-state index contributed by atoms with van der Waals surface area (Å²) in [6.07, 6.45) is 6.71. The molecule has 1 amide bonds. The van der Waals surface area contributed by atoms with Crippen molar-refractivity contribution >= 4 is 27.5 Å². The molecule has 0 unspecified atom stereocenters. The van der Waals surface area contributed by atoms with E-state index >= 15 is 0 Å². The molecule has 130 valence electrons. The fourth-order valence-corrected chi connectivity index (χ4v) is 7.58. The van der Waals surface area contributed by atoms with Gasteiger partial charge in [-0.2, -0.15) is 0 Å². The van der Waals surface area contributed by atoms with Crippen molar-refractivity contribution < 1.29 is 4.79 Å². The molecule has 25 heavy (non-hydrogen) atoms. The van der Waals surface area contributed by atoms with Crippen LogP contribution in [0.3, 0.4) is 0 Å². The Balaban J connectivity index is 1.60. The molecule has 6 rings (SSSR count). The molecule has 4 heteroatoms. The number of fused-ring (bicyclic) bond motifs is 4. The number of carbonyl (C=O) groups excluding carboxylic acids is 1. The van der Waals surface area contributed by atoms with Crippen molar-refractivity contribution in [2.75, 3.05) is 23.3 Å². The molecule has 0 aromatic heterocycles. The van der Waals surface area contributed by atoms with Gasteiger partial charge in [-0.05, 0) is 49.3 Å². The maximum absolute atomic E-state index is 13.0. The number of hydrogen-bond donors (Lipinski definition) is 0. The van der Waals surface area contributed by atoms with E-state index in [-0.39, 0.29) is 5.41 Å². The van der Waals surface area contributed by atoms with E-state index in [0.29, 0.717) is 29.8 Å². The molecule has 4 aliphatic heterocycles. The Labute approximate surface area is 157 Å². The van der Waals surface area contributed by atoms with E-state index in [9.17, 15) is 4.79 Å². The molecule has 1 aliphatic carbocycles. The van der Waals surface area contributed by atoms with Gasteiger partial charge in [-0.3, -0.25) is 9.69 Å². The predicted octanol–water partition coefficient (Wildman–Crippen LogP) is 3.48. The third-order valence-corrected chi connectivity index (χ3v) is 8.20. The average molecular weight is 399 g/mol.